The molecule has 2 N–H and O–H groups in total. The highest BCUT2D eigenvalue weighted by atomic mass is 16.6. The Bertz CT molecular complexity index is 169. The first-order valence-corrected chi connectivity index (χ1v) is 5.12. The second kappa shape index (κ2) is 6.42. The van der Waals surface area contributed by atoms with E-state index in [4.69, 9.17) is 5.21 Å². The summed E-state index contributed by atoms with van der Waals surface area (Å²) in [5, 5.41) is 25.6. The third-order valence-electron chi connectivity index (χ3n) is 2.36. The average molecular weight is 202 g/mol. The summed E-state index contributed by atoms with van der Waals surface area (Å²) in [4.78, 5) is 0.229. The van der Waals surface area contributed by atoms with Gasteiger partial charge < -0.3 is 15.7 Å². The Morgan fingerprint density at radius 2 is 1.71 bits per heavy atom. The Morgan fingerprint density at radius 3 is 2.07 bits per heavy atom. The smallest absolute Gasteiger partial charge is 0.230 e. The minimum Gasteiger partial charge on any atom is -0.569 e. The van der Waals surface area contributed by atoms with Gasteiger partial charge in [0.2, 0.25) is 5.28 Å². The second-order valence-electron chi connectivity index (χ2n) is 3.46. The number of hydrazine groups is 1. The van der Waals surface area contributed by atoms with E-state index in [2.05, 4.69) is 10.6 Å². The summed E-state index contributed by atoms with van der Waals surface area (Å²) in [6.45, 7) is 3.90. The van der Waals surface area contributed by atoms with E-state index >= 15 is 0 Å². The molecule has 2 aliphatic rings. The summed E-state index contributed by atoms with van der Waals surface area (Å²) in [6.07, 6.45) is 4.79. The fourth-order valence-corrected chi connectivity index (χ4v) is 1.55. The lowest BCUT2D eigenvalue weighted by Gasteiger charge is -2.08. The van der Waals surface area contributed by atoms with E-state index in [1.54, 1.807) is 0 Å². The standard InChI is InChI=1S/C4H9N3O2.C4H9N/c8-5-7(9)6-3-1-2-4-6;1-2-4-5-3-1/h8H,1-4H2;5H,1-4H2/b7-5+;. The monoisotopic (exact) mass is 202 g/mol. The van der Waals surface area contributed by atoms with Crippen LogP contribution in [-0.2, 0) is 0 Å². The van der Waals surface area contributed by atoms with Gasteiger partial charge in [-0.05, 0) is 38.8 Å². The SMILES string of the molecule is C1CCNC1.[O-]/[N+](=N/O)N1CCCC1. The summed E-state index contributed by atoms with van der Waals surface area (Å²) in [5.74, 6) is 0. The highest BCUT2D eigenvalue weighted by Gasteiger charge is 2.17. The summed E-state index contributed by atoms with van der Waals surface area (Å²) < 4.78 is 0. The van der Waals surface area contributed by atoms with Crippen molar-refractivity contribution in [2.24, 2.45) is 5.28 Å². The Morgan fingerprint density at radius 1 is 1.14 bits per heavy atom. The van der Waals surface area contributed by atoms with Gasteiger partial charge in [-0.15, -0.1) is 5.01 Å². The lowest BCUT2D eigenvalue weighted by Crippen LogP contribution is -2.26. The van der Waals surface area contributed by atoms with E-state index in [1.807, 2.05) is 0 Å². The van der Waals surface area contributed by atoms with Crippen LogP contribution in [0.2, 0.25) is 0 Å². The first-order valence-electron chi connectivity index (χ1n) is 5.12. The second-order valence-corrected chi connectivity index (χ2v) is 3.46. The Hall–Kier alpha value is -1.04. The van der Waals surface area contributed by atoms with E-state index in [1.165, 1.54) is 30.9 Å². The van der Waals surface area contributed by atoms with E-state index in [0.717, 1.165) is 12.8 Å². The van der Waals surface area contributed by atoms with Crippen LogP contribution in [0.15, 0.2) is 5.28 Å². The van der Waals surface area contributed by atoms with Crippen molar-refractivity contribution in [2.75, 3.05) is 26.2 Å². The molecular formula is C8H18N4O2. The van der Waals surface area contributed by atoms with Crippen molar-refractivity contribution in [3.05, 3.63) is 5.21 Å². The molecule has 2 saturated heterocycles. The van der Waals surface area contributed by atoms with Crippen molar-refractivity contribution in [2.45, 2.75) is 25.7 Å². The van der Waals surface area contributed by atoms with Crippen LogP contribution in [-0.4, -0.2) is 41.4 Å². The molecule has 6 heteroatoms. The summed E-state index contributed by atoms with van der Waals surface area (Å²) >= 11 is 0. The molecule has 82 valence electrons. The van der Waals surface area contributed by atoms with Gasteiger partial charge in [0.15, 0.2) is 0 Å². The molecule has 0 amide bonds. The highest BCUT2D eigenvalue weighted by Crippen LogP contribution is 2.06. The van der Waals surface area contributed by atoms with Crippen LogP contribution in [0.1, 0.15) is 25.7 Å². The zero-order valence-corrected chi connectivity index (χ0v) is 8.35. The van der Waals surface area contributed by atoms with Crippen LogP contribution < -0.4 is 5.32 Å². The molecule has 2 aliphatic heterocycles. The number of hydrogen-bond donors (Lipinski definition) is 2. The predicted molar refractivity (Wildman–Crippen MR) is 50.8 cm³/mol. The molecule has 0 aromatic rings. The summed E-state index contributed by atoms with van der Waals surface area (Å²) in [7, 11) is 0. The van der Waals surface area contributed by atoms with Crippen LogP contribution >= 0.6 is 0 Å². The Labute approximate surface area is 83.7 Å². The van der Waals surface area contributed by atoms with Gasteiger partial charge in [-0.2, -0.15) is 0 Å². The van der Waals surface area contributed by atoms with Gasteiger partial charge in [0.25, 0.3) is 0 Å². The van der Waals surface area contributed by atoms with Crippen molar-refractivity contribution in [1.29, 1.82) is 0 Å². The van der Waals surface area contributed by atoms with Crippen LogP contribution in [0.5, 0.6) is 0 Å². The largest absolute Gasteiger partial charge is 0.569 e. The van der Waals surface area contributed by atoms with Gasteiger partial charge in [0.1, 0.15) is 0 Å². The van der Waals surface area contributed by atoms with Gasteiger partial charge in [-0.1, -0.05) is 0 Å². The molecule has 6 nitrogen and oxygen atoms in total. The molecular weight excluding hydrogens is 184 g/mol. The molecule has 2 rings (SSSR count). The van der Waals surface area contributed by atoms with Gasteiger partial charge in [-0.3, -0.25) is 0 Å². The minimum absolute atomic E-state index is 0.229. The van der Waals surface area contributed by atoms with Gasteiger partial charge in [-0.25, -0.2) is 0 Å². The Balaban J connectivity index is 0.000000165. The zero-order chi connectivity index (χ0) is 10.2. The molecule has 0 saturated carbocycles. The van der Waals surface area contributed by atoms with E-state index in [-0.39, 0.29) is 4.97 Å². The minimum atomic E-state index is 0.229. The molecule has 0 aromatic carbocycles. The normalized spacial score (nSPS) is 22.0. The van der Waals surface area contributed by atoms with Crippen molar-refractivity contribution >= 4 is 0 Å². The lowest BCUT2D eigenvalue weighted by molar-refractivity contribution is -0.705. The Kier molecular flexibility index (Phi) is 5.06. The quantitative estimate of drug-likeness (QED) is 0.373. The number of hydrogen-bond acceptors (Lipinski definition) is 3. The van der Waals surface area contributed by atoms with E-state index in [9.17, 15) is 5.21 Å². The number of rotatable bonds is 1. The molecule has 14 heavy (non-hydrogen) atoms. The molecule has 0 atom stereocenters. The fraction of sp³-hybridized carbons (Fsp3) is 1.00. The number of nitrogens with one attached hydrogen (secondary N) is 1. The lowest BCUT2D eigenvalue weighted by atomic mass is 10.4. The average Bonchev–Trinajstić information content (AvgIpc) is 2.91. The first kappa shape index (κ1) is 11.0. The topological polar surface area (TPSA) is 73.9 Å². The van der Waals surface area contributed by atoms with Crippen molar-refractivity contribution in [3.63, 3.8) is 0 Å². The van der Waals surface area contributed by atoms with E-state index < -0.39 is 0 Å². The van der Waals surface area contributed by atoms with Crippen LogP contribution in [0.3, 0.4) is 0 Å². The fourth-order valence-electron chi connectivity index (χ4n) is 1.55. The first-order chi connectivity index (χ1) is 6.84. The summed E-state index contributed by atoms with van der Waals surface area (Å²) in [6, 6.07) is 0. The molecule has 0 bridgehead atoms. The zero-order valence-electron chi connectivity index (χ0n) is 8.35. The molecule has 0 aromatic heterocycles. The molecule has 0 spiro atoms. The van der Waals surface area contributed by atoms with Crippen molar-refractivity contribution in [3.8, 4) is 0 Å². The molecule has 0 radical (unpaired) electrons. The predicted octanol–water partition coefficient (Wildman–Crippen LogP) is 0.719. The van der Waals surface area contributed by atoms with Gasteiger partial charge >= 0.3 is 0 Å². The van der Waals surface area contributed by atoms with Crippen LogP contribution in [0, 0.1) is 5.21 Å². The summed E-state index contributed by atoms with van der Waals surface area (Å²) in [5.41, 5.74) is 0. The van der Waals surface area contributed by atoms with Crippen molar-refractivity contribution in [1.82, 2.24) is 10.3 Å². The van der Waals surface area contributed by atoms with Gasteiger partial charge in [0.05, 0.1) is 18.1 Å². The van der Waals surface area contributed by atoms with E-state index in [0.29, 0.717) is 13.1 Å². The number of nitrogens with zero attached hydrogens (tertiary/aromatic N) is 3. The highest BCUT2D eigenvalue weighted by molar-refractivity contribution is 4.56. The van der Waals surface area contributed by atoms with Gasteiger partial charge in [0, 0.05) is 0 Å². The van der Waals surface area contributed by atoms with Crippen LogP contribution in [0.4, 0.5) is 0 Å². The molecule has 2 heterocycles. The maximum atomic E-state index is 10.4. The molecule has 0 unspecified atom stereocenters. The third-order valence-corrected chi connectivity index (χ3v) is 2.36. The van der Waals surface area contributed by atoms with Crippen molar-refractivity contribution < 1.29 is 10.2 Å². The maximum Gasteiger partial charge on any atom is 0.230 e. The maximum absolute atomic E-state index is 10.4. The third kappa shape index (κ3) is 3.78. The van der Waals surface area contributed by atoms with Crippen LogP contribution in [0.25, 0.3) is 0 Å². The molecule has 0 aliphatic carbocycles. The molecule has 2 fully saturated rings.